The first-order valence-electron chi connectivity index (χ1n) is 6.12. The van der Waals surface area contributed by atoms with Crippen molar-refractivity contribution in [2.75, 3.05) is 24.6 Å². The molecule has 0 bridgehead atoms. The summed E-state index contributed by atoms with van der Waals surface area (Å²) in [5.41, 5.74) is 6.85. The van der Waals surface area contributed by atoms with Crippen LogP contribution in [0.25, 0.3) is 0 Å². The number of amides is 1. The van der Waals surface area contributed by atoms with Crippen LogP contribution in [0.4, 0.5) is 5.69 Å². The van der Waals surface area contributed by atoms with Gasteiger partial charge < -0.3 is 10.6 Å². The molecule has 5 heteroatoms. The van der Waals surface area contributed by atoms with E-state index in [0.29, 0.717) is 11.3 Å². The number of nitrogens with two attached hydrogens (primary N) is 1. The molecular weight excluding hydrogens is 246 g/mol. The number of aromatic nitrogens is 1. The lowest BCUT2D eigenvalue weighted by molar-refractivity contribution is 0.0765. The maximum atomic E-state index is 12.4. The van der Waals surface area contributed by atoms with E-state index in [0.717, 1.165) is 25.3 Å². The van der Waals surface area contributed by atoms with E-state index in [9.17, 15) is 4.79 Å². The Balaban J connectivity index is 2.13. The van der Waals surface area contributed by atoms with E-state index in [1.54, 1.807) is 18.5 Å². The van der Waals surface area contributed by atoms with Crippen LogP contribution < -0.4 is 5.73 Å². The Morgan fingerprint density at radius 1 is 1.50 bits per heavy atom. The monoisotopic (exact) mass is 265 g/mol. The second kappa shape index (κ2) is 5.18. The van der Waals surface area contributed by atoms with Gasteiger partial charge in [-0.2, -0.15) is 11.8 Å². The molecule has 1 aromatic heterocycles. The van der Waals surface area contributed by atoms with Crippen molar-refractivity contribution in [3.05, 3.63) is 24.0 Å². The highest BCUT2D eigenvalue weighted by atomic mass is 32.2. The van der Waals surface area contributed by atoms with Gasteiger partial charge in [0.25, 0.3) is 5.91 Å². The van der Waals surface area contributed by atoms with Crippen molar-refractivity contribution in [1.82, 2.24) is 9.88 Å². The molecule has 0 spiro atoms. The summed E-state index contributed by atoms with van der Waals surface area (Å²) in [7, 11) is 0. The standard InChI is InChI=1S/C13H19N3OS/c1-13(2)4-6-16(7-8-18-13)12(17)10-9-15-5-3-11(10)14/h3,5,9H,4,6-8H2,1-2H3,(H2,14,15). The normalized spacial score (nSPS) is 19.3. The van der Waals surface area contributed by atoms with Crippen LogP contribution in [0.1, 0.15) is 30.6 Å². The average molecular weight is 265 g/mol. The summed E-state index contributed by atoms with van der Waals surface area (Å²) in [4.78, 5) is 18.2. The number of thioether (sulfide) groups is 1. The predicted molar refractivity (Wildman–Crippen MR) is 75.7 cm³/mol. The molecule has 2 N–H and O–H groups in total. The fourth-order valence-corrected chi connectivity index (χ4v) is 3.08. The van der Waals surface area contributed by atoms with Gasteiger partial charge in [0.1, 0.15) is 0 Å². The van der Waals surface area contributed by atoms with Crippen molar-refractivity contribution in [2.45, 2.75) is 25.0 Å². The van der Waals surface area contributed by atoms with Crippen molar-refractivity contribution in [1.29, 1.82) is 0 Å². The fraction of sp³-hybridized carbons (Fsp3) is 0.538. The molecule has 1 aliphatic heterocycles. The number of carbonyl (C=O) groups is 1. The summed E-state index contributed by atoms with van der Waals surface area (Å²) in [5, 5.41) is 0. The van der Waals surface area contributed by atoms with Crippen molar-refractivity contribution in [3.63, 3.8) is 0 Å². The SMILES string of the molecule is CC1(C)CCN(C(=O)c2cnccc2N)CCS1. The van der Waals surface area contributed by atoms with E-state index in [2.05, 4.69) is 18.8 Å². The molecule has 0 radical (unpaired) electrons. The van der Waals surface area contributed by atoms with Crippen LogP contribution in [0.2, 0.25) is 0 Å². The highest BCUT2D eigenvalue weighted by Crippen LogP contribution is 2.31. The second-order valence-electron chi connectivity index (χ2n) is 5.11. The van der Waals surface area contributed by atoms with E-state index < -0.39 is 0 Å². The zero-order valence-corrected chi connectivity index (χ0v) is 11.7. The molecule has 2 rings (SSSR count). The molecule has 2 heterocycles. The van der Waals surface area contributed by atoms with Gasteiger partial charge in [0, 0.05) is 41.7 Å². The van der Waals surface area contributed by atoms with Crippen LogP contribution in [-0.4, -0.2) is 39.4 Å². The van der Waals surface area contributed by atoms with E-state index in [1.165, 1.54) is 0 Å². The summed E-state index contributed by atoms with van der Waals surface area (Å²) in [5.74, 6) is 0.970. The highest BCUT2D eigenvalue weighted by Gasteiger charge is 2.27. The van der Waals surface area contributed by atoms with Crippen LogP contribution in [0.3, 0.4) is 0 Å². The molecule has 4 nitrogen and oxygen atoms in total. The molecule has 1 fully saturated rings. The molecule has 0 atom stereocenters. The Morgan fingerprint density at radius 2 is 2.28 bits per heavy atom. The van der Waals surface area contributed by atoms with Crippen LogP contribution in [0.15, 0.2) is 18.5 Å². The third-order valence-electron chi connectivity index (χ3n) is 3.21. The fourth-order valence-electron chi connectivity index (χ4n) is 1.98. The minimum absolute atomic E-state index is 0.00102. The Labute approximate surface area is 112 Å². The Morgan fingerprint density at radius 3 is 3.00 bits per heavy atom. The average Bonchev–Trinajstić information content (AvgIpc) is 2.50. The molecule has 98 valence electrons. The summed E-state index contributed by atoms with van der Waals surface area (Å²) in [6, 6.07) is 1.67. The summed E-state index contributed by atoms with van der Waals surface area (Å²) < 4.78 is 0.246. The Kier molecular flexibility index (Phi) is 3.80. The summed E-state index contributed by atoms with van der Waals surface area (Å²) in [6.07, 6.45) is 4.16. The first-order chi connectivity index (χ1) is 8.49. The molecule has 1 aromatic rings. The lowest BCUT2D eigenvalue weighted by Crippen LogP contribution is -2.34. The molecule has 0 saturated carbocycles. The van der Waals surface area contributed by atoms with E-state index in [4.69, 9.17) is 5.73 Å². The zero-order chi connectivity index (χ0) is 13.2. The van der Waals surface area contributed by atoms with E-state index in [1.807, 2.05) is 16.7 Å². The van der Waals surface area contributed by atoms with Crippen LogP contribution in [0.5, 0.6) is 0 Å². The Bertz CT molecular complexity index is 448. The minimum Gasteiger partial charge on any atom is -0.398 e. The third kappa shape index (κ3) is 2.96. The molecule has 18 heavy (non-hydrogen) atoms. The maximum Gasteiger partial charge on any atom is 0.257 e. The van der Waals surface area contributed by atoms with Gasteiger partial charge in [0.05, 0.1) is 5.56 Å². The molecular formula is C13H19N3OS. The number of hydrogen-bond donors (Lipinski definition) is 1. The molecule has 1 saturated heterocycles. The van der Waals surface area contributed by atoms with Crippen molar-refractivity contribution in [3.8, 4) is 0 Å². The maximum absolute atomic E-state index is 12.4. The zero-order valence-electron chi connectivity index (χ0n) is 10.8. The molecule has 1 aliphatic rings. The number of anilines is 1. The number of nitrogen functional groups attached to an aromatic ring is 1. The molecule has 0 unspecified atom stereocenters. The summed E-state index contributed by atoms with van der Waals surface area (Å²) in [6.45, 7) is 6.02. The topological polar surface area (TPSA) is 59.2 Å². The quantitative estimate of drug-likeness (QED) is 0.844. The Hall–Kier alpha value is -1.23. The number of carbonyl (C=O) groups excluding carboxylic acids is 1. The van der Waals surface area contributed by atoms with Gasteiger partial charge in [0.2, 0.25) is 0 Å². The minimum atomic E-state index is -0.00102. The number of rotatable bonds is 1. The smallest absolute Gasteiger partial charge is 0.257 e. The largest absolute Gasteiger partial charge is 0.398 e. The number of pyridine rings is 1. The van der Waals surface area contributed by atoms with Crippen LogP contribution >= 0.6 is 11.8 Å². The molecule has 0 aliphatic carbocycles. The number of nitrogens with zero attached hydrogens (tertiary/aromatic N) is 2. The van der Waals surface area contributed by atoms with Gasteiger partial charge in [0.15, 0.2) is 0 Å². The van der Waals surface area contributed by atoms with Gasteiger partial charge in [-0.25, -0.2) is 0 Å². The lowest BCUT2D eigenvalue weighted by Gasteiger charge is -2.23. The van der Waals surface area contributed by atoms with Crippen molar-refractivity contribution >= 4 is 23.4 Å². The van der Waals surface area contributed by atoms with Crippen LogP contribution in [-0.2, 0) is 0 Å². The second-order valence-corrected chi connectivity index (χ2v) is 6.92. The van der Waals surface area contributed by atoms with Gasteiger partial charge in [-0.15, -0.1) is 0 Å². The van der Waals surface area contributed by atoms with Crippen molar-refractivity contribution < 1.29 is 4.79 Å². The van der Waals surface area contributed by atoms with E-state index in [-0.39, 0.29) is 10.7 Å². The van der Waals surface area contributed by atoms with Gasteiger partial charge in [-0.1, -0.05) is 13.8 Å². The van der Waals surface area contributed by atoms with Crippen molar-refractivity contribution in [2.24, 2.45) is 0 Å². The first kappa shape index (κ1) is 13.2. The molecule has 1 amide bonds. The van der Waals surface area contributed by atoms with Gasteiger partial charge in [-0.3, -0.25) is 9.78 Å². The van der Waals surface area contributed by atoms with Crippen LogP contribution in [0, 0.1) is 0 Å². The third-order valence-corrected chi connectivity index (χ3v) is 4.58. The van der Waals surface area contributed by atoms with Gasteiger partial charge >= 0.3 is 0 Å². The first-order valence-corrected chi connectivity index (χ1v) is 7.11. The van der Waals surface area contributed by atoms with Gasteiger partial charge in [-0.05, 0) is 12.5 Å². The summed E-state index contributed by atoms with van der Waals surface area (Å²) >= 11 is 1.92. The molecule has 0 aromatic carbocycles. The van der Waals surface area contributed by atoms with E-state index >= 15 is 0 Å². The lowest BCUT2D eigenvalue weighted by atomic mass is 10.1. The highest BCUT2D eigenvalue weighted by molar-refractivity contribution is 8.00. The number of hydrogen-bond acceptors (Lipinski definition) is 4. The predicted octanol–water partition coefficient (Wildman–Crippen LogP) is 2.02.